The molecule has 0 saturated carbocycles. The summed E-state index contributed by atoms with van der Waals surface area (Å²) in [6, 6.07) is 9.70. The number of hydrogen-bond donors (Lipinski definition) is 1. The summed E-state index contributed by atoms with van der Waals surface area (Å²) in [5.41, 5.74) is 1.51. The van der Waals surface area contributed by atoms with E-state index in [9.17, 15) is 14.7 Å². The summed E-state index contributed by atoms with van der Waals surface area (Å²) in [6.07, 6.45) is 3.06. The van der Waals surface area contributed by atoms with Gasteiger partial charge in [0.15, 0.2) is 0 Å². The molecule has 0 fully saturated rings. The summed E-state index contributed by atoms with van der Waals surface area (Å²) >= 11 is 1.48. The van der Waals surface area contributed by atoms with Crippen molar-refractivity contribution >= 4 is 27.5 Å². The number of aliphatic carboxylic acids is 1. The summed E-state index contributed by atoms with van der Waals surface area (Å²) in [5, 5.41) is 10.2. The maximum absolute atomic E-state index is 13.4. The topological polar surface area (TPSA) is 72.2 Å². The number of benzene rings is 1. The molecule has 2 heterocycles. The van der Waals surface area contributed by atoms with Gasteiger partial charge in [-0.1, -0.05) is 37.3 Å². The maximum Gasteiger partial charge on any atom is 0.311 e. The van der Waals surface area contributed by atoms with Crippen molar-refractivity contribution in [3.05, 3.63) is 51.1 Å². The molecule has 1 unspecified atom stereocenters. The van der Waals surface area contributed by atoms with Crippen LogP contribution in [0.3, 0.4) is 0 Å². The third-order valence-electron chi connectivity index (χ3n) is 4.95. The zero-order valence-corrected chi connectivity index (χ0v) is 15.4. The first kappa shape index (κ1) is 17.0. The highest BCUT2D eigenvalue weighted by molar-refractivity contribution is 7.18. The minimum atomic E-state index is -0.848. The first-order valence-electron chi connectivity index (χ1n) is 8.96. The summed E-state index contributed by atoms with van der Waals surface area (Å²) < 4.78 is 1.71. The van der Waals surface area contributed by atoms with Crippen LogP contribution in [0.25, 0.3) is 21.6 Å². The molecular formula is C20H20N2O3S. The number of carboxylic acid groups (broad SMARTS) is 1. The lowest BCUT2D eigenvalue weighted by molar-refractivity contribution is -0.139. The van der Waals surface area contributed by atoms with Gasteiger partial charge in [-0.2, -0.15) is 0 Å². The van der Waals surface area contributed by atoms with E-state index in [0.717, 1.165) is 29.7 Å². The third-order valence-corrected chi connectivity index (χ3v) is 6.11. The van der Waals surface area contributed by atoms with Crippen LogP contribution in [0.2, 0.25) is 0 Å². The first-order valence-corrected chi connectivity index (χ1v) is 9.77. The second-order valence-corrected chi connectivity index (χ2v) is 7.74. The lowest BCUT2D eigenvalue weighted by atomic mass is 9.86. The zero-order chi connectivity index (χ0) is 18.3. The lowest BCUT2D eigenvalue weighted by Crippen LogP contribution is -2.25. The van der Waals surface area contributed by atoms with Gasteiger partial charge in [0.05, 0.1) is 11.3 Å². The number of thiophene rings is 1. The van der Waals surface area contributed by atoms with Crippen LogP contribution in [0, 0.1) is 0 Å². The molecule has 3 aromatic rings. The number of aromatic nitrogens is 2. The Balaban J connectivity index is 2.04. The summed E-state index contributed by atoms with van der Waals surface area (Å²) in [4.78, 5) is 31.6. The van der Waals surface area contributed by atoms with Crippen LogP contribution in [0.4, 0.5) is 0 Å². The van der Waals surface area contributed by atoms with E-state index in [-0.39, 0.29) is 5.56 Å². The van der Waals surface area contributed by atoms with Gasteiger partial charge in [-0.3, -0.25) is 14.2 Å². The Morgan fingerprint density at radius 1 is 1.35 bits per heavy atom. The van der Waals surface area contributed by atoms with Gasteiger partial charge in [0, 0.05) is 17.0 Å². The van der Waals surface area contributed by atoms with Gasteiger partial charge < -0.3 is 5.11 Å². The molecule has 0 saturated heterocycles. The molecule has 5 nitrogen and oxygen atoms in total. The van der Waals surface area contributed by atoms with Crippen LogP contribution >= 0.6 is 11.3 Å². The van der Waals surface area contributed by atoms with Crippen molar-refractivity contribution in [1.29, 1.82) is 0 Å². The monoisotopic (exact) mass is 368 g/mol. The van der Waals surface area contributed by atoms with E-state index in [4.69, 9.17) is 4.98 Å². The van der Waals surface area contributed by atoms with Gasteiger partial charge in [0.25, 0.3) is 5.56 Å². The molecular weight excluding hydrogens is 348 g/mol. The molecule has 0 bridgehead atoms. The number of rotatable bonds is 4. The molecule has 6 heteroatoms. The van der Waals surface area contributed by atoms with Crippen LogP contribution in [-0.4, -0.2) is 20.6 Å². The van der Waals surface area contributed by atoms with E-state index in [0.29, 0.717) is 34.6 Å². The molecule has 1 aliphatic carbocycles. The molecule has 2 aromatic heterocycles. The van der Waals surface area contributed by atoms with Gasteiger partial charge in [-0.25, -0.2) is 4.98 Å². The van der Waals surface area contributed by atoms with Gasteiger partial charge in [-0.15, -0.1) is 11.3 Å². The predicted octanol–water partition coefficient (Wildman–Crippen LogP) is 4.04. The van der Waals surface area contributed by atoms with Crippen molar-refractivity contribution in [1.82, 2.24) is 9.55 Å². The van der Waals surface area contributed by atoms with Crippen LogP contribution in [0.1, 0.15) is 42.5 Å². The number of carboxylic acids is 1. The summed E-state index contributed by atoms with van der Waals surface area (Å²) in [5.74, 6) is -0.783. The van der Waals surface area contributed by atoms with E-state index >= 15 is 0 Å². The number of hydrogen-bond acceptors (Lipinski definition) is 4. The normalized spacial score (nSPS) is 16.6. The minimum absolute atomic E-state index is 0.110. The maximum atomic E-state index is 13.4. The number of fused-ring (bicyclic) bond motifs is 3. The van der Waals surface area contributed by atoms with Crippen LogP contribution in [0.15, 0.2) is 35.1 Å². The van der Waals surface area contributed by atoms with E-state index in [2.05, 4.69) is 0 Å². The molecule has 0 radical (unpaired) electrons. The fraction of sp³-hybridized carbons (Fsp3) is 0.350. The third kappa shape index (κ3) is 2.65. The highest BCUT2D eigenvalue weighted by Crippen LogP contribution is 2.41. The van der Waals surface area contributed by atoms with Gasteiger partial charge in [0.1, 0.15) is 10.7 Å². The average Bonchev–Trinajstić information content (AvgIpc) is 3.03. The van der Waals surface area contributed by atoms with E-state index in [1.54, 1.807) is 4.57 Å². The molecule has 134 valence electrons. The molecule has 1 aliphatic rings. The largest absolute Gasteiger partial charge is 0.481 e. The van der Waals surface area contributed by atoms with Crippen molar-refractivity contribution in [2.75, 3.05) is 0 Å². The Hall–Kier alpha value is -2.47. The zero-order valence-electron chi connectivity index (χ0n) is 14.6. The molecule has 0 amide bonds. The second kappa shape index (κ2) is 6.68. The second-order valence-electron chi connectivity index (χ2n) is 6.66. The van der Waals surface area contributed by atoms with Crippen molar-refractivity contribution < 1.29 is 9.90 Å². The van der Waals surface area contributed by atoms with Crippen LogP contribution in [-0.2, 0) is 17.8 Å². The van der Waals surface area contributed by atoms with Gasteiger partial charge >= 0.3 is 5.97 Å². The van der Waals surface area contributed by atoms with E-state index in [1.165, 1.54) is 11.3 Å². The van der Waals surface area contributed by atoms with Gasteiger partial charge in [0.2, 0.25) is 0 Å². The first-order chi connectivity index (χ1) is 12.6. The summed E-state index contributed by atoms with van der Waals surface area (Å²) in [6.45, 7) is 2.59. The number of aryl methyl sites for hydroxylation is 1. The molecule has 1 N–H and O–H groups in total. The van der Waals surface area contributed by atoms with Crippen LogP contribution in [0.5, 0.6) is 0 Å². The van der Waals surface area contributed by atoms with Crippen LogP contribution < -0.4 is 5.56 Å². The molecule has 1 atom stereocenters. The van der Waals surface area contributed by atoms with Crippen molar-refractivity contribution in [2.24, 2.45) is 0 Å². The Morgan fingerprint density at radius 3 is 2.81 bits per heavy atom. The fourth-order valence-corrected chi connectivity index (χ4v) is 5.07. The van der Waals surface area contributed by atoms with Crippen molar-refractivity contribution in [3.63, 3.8) is 0 Å². The molecule has 26 heavy (non-hydrogen) atoms. The quantitative estimate of drug-likeness (QED) is 0.754. The Kier molecular flexibility index (Phi) is 4.36. The Labute approximate surface area is 154 Å². The molecule has 1 aromatic carbocycles. The average molecular weight is 368 g/mol. The highest BCUT2D eigenvalue weighted by Gasteiger charge is 2.32. The fourth-order valence-electron chi connectivity index (χ4n) is 3.80. The Morgan fingerprint density at radius 2 is 2.12 bits per heavy atom. The minimum Gasteiger partial charge on any atom is -0.481 e. The highest BCUT2D eigenvalue weighted by atomic mass is 32.1. The SMILES string of the molecule is CCCn1c(-c2ccccc2)nc2sc3c(c2c1=O)C(C(=O)O)CCC3. The van der Waals surface area contributed by atoms with Crippen molar-refractivity contribution in [2.45, 2.75) is 45.1 Å². The van der Waals surface area contributed by atoms with E-state index < -0.39 is 11.9 Å². The van der Waals surface area contributed by atoms with Gasteiger partial charge in [-0.05, 0) is 31.2 Å². The number of nitrogens with zero attached hydrogens (tertiary/aromatic N) is 2. The predicted molar refractivity (Wildman–Crippen MR) is 103 cm³/mol. The Bertz CT molecular complexity index is 1040. The molecule has 0 aliphatic heterocycles. The van der Waals surface area contributed by atoms with Crippen molar-refractivity contribution in [3.8, 4) is 11.4 Å². The smallest absolute Gasteiger partial charge is 0.311 e. The molecule has 0 spiro atoms. The number of carbonyl (C=O) groups is 1. The molecule has 4 rings (SSSR count). The lowest BCUT2D eigenvalue weighted by Gasteiger charge is -2.19. The van der Waals surface area contributed by atoms with E-state index in [1.807, 2.05) is 37.3 Å². The standard InChI is InChI=1S/C20H20N2O3S/c1-2-11-22-17(12-7-4-3-5-8-12)21-18-16(19(22)23)15-13(20(24)25)9-6-10-14(15)26-18/h3-5,7-8,13H,2,6,9-11H2,1H3,(H,24,25). The summed E-state index contributed by atoms with van der Waals surface area (Å²) in [7, 11) is 0.